The van der Waals surface area contributed by atoms with E-state index in [9.17, 15) is 4.39 Å². The van der Waals surface area contributed by atoms with E-state index >= 15 is 0 Å². The molecule has 6 heteroatoms. The molecule has 0 amide bonds. The van der Waals surface area contributed by atoms with Crippen molar-refractivity contribution in [1.29, 1.82) is 0 Å². The molecule has 0 atom stereocenters. The van der Waals surface area contributed by atoms with Gasteiger partial charge >= 0.3 is 0 Å². The van der Waals surface area contributed by atoms with E-state index in [2.05, 4.69) is 9.97 Å². The molecule has 2 heterocycles. The third kappa shape index (κ3) is 1.96. The van der Waals surface area contributed by atoms with Crippen molar-refractivity contribution in [3.8, 4) is 11.4 Å². The Kier molecular flexibility index (Phi) is 2.93. The Morgan fingerprint density at radius 2 is 1.94 bits per heavy atom. The molecule has 0 saturated heterocycles. The van der Waals surface area contributed by atoms with Crippen molar-refractivity contribution in [1.82, 2.24) is 9.97 Å². The van der Waals surface area contributed by atoms with Crippen molar-refractivity contribution in [2.75, 3.05) is 0 Å². The van der Waals surface area contributed by atoms with Gasteiger partial charge in [-0.3, -0.25) is 0 Å². The van der Waals surface area contributed by atoms with E-state index in [1.54, 1.807) is 6.07 Å². The SMILES string of the molecule is Fc1cc(-c2nc(Cl)c3sccc3n2)ccc1Cl. The van der Waals surface area contributed by atoms with Crippen LogP contribution in [-0.2, 0) is 0 Å². The van der Waals surface area contributed by atoms with Crippen molar-refractivity contribution >= 4 is 44.8 Å². The Bertz CT molecular complexity index is 742. The first-order chi connectivity index (χ1) is 8.65. The van der Waals surface area contributed by atoms with Gasteiger partial charge < -0.3 is 0 Å². The Labute approximate surface area is 116 Å². The molecule has 0 unspecified atom stereocenters. The summed E-state index contributed by atoms with van der Waals surface area (Å²) in [5.74, 6) is -0.110. The van der Waals surface area contributed by atoms with Gasteiger partial charge in [0, 0.05) is 5.56 Å². The lowest BCUT2D eigenvalue weighted by Crippen LogP contribution is -1.90. The summed E-state index contributed by atoms with van der Waals surface area (Å²) in [4.78, 5) is 8.51. The molecule has 0 radical (unpaired) electrons. The maximum Gasteiger partial charge on any atom is 0.161 e. The number of hydrogen-bond donors (Lipinski definition) is 0. The van der Waals surface area contributed by atoms with E-state index in [0.717, 1.165) is 10.2 Å². The van der Waals surface area contributed by atoms with Crippen LogP contribution in [0.3, 0.4) is 0 Å². The standard InChI is InChI=1S/C12H5Cl2FN2S/c13-7-2-1-6(5-8(7)15)12-16-9-3-4-18-10(9)11(14)17-12/h1-5H. The average Bonchev–Trinajstić information content (AvgIpc) is 2.81. The third-order valence-corrected chi connectivity index (χ3v) is 4.04. The summed E-state index contributed by atoms with van der Waals surface area (Å²) in [6, 6.07) is 6.28. The largest absolute Gasteiger partial charge is 0.227 e. The molecular formula is C12H5Cl2FN2S. The molecule has 90 valence electrons. The third-order valence-electron chi connectivity index (χ3n) is 2.44. The zero-order valence-corrected chi connectivity index (χ0v) is 11.2. The molecular weight excluding hydrogens is 294 g/mol. The lowest BCUT2D eigenvalue weighted by atomic mass is 10.2. The van der Waals surface area contributed by atoms with Crippen molar-refractivity contribution in [2.45, 2.75) is 0 Å². The maximum absolute atomic E-state index is 13.4. The van der Waals surface area contributed by atoms with Crippen LogP contribution in [0.4, 0.5) is 4.39 Å². The molecule has 0 aliphatic rings. The molecule has 0 N–H and O–H groups in total. The molecule has 3 rings (SSSR count). The summed E-state index contributed by atoms with van der Waals surface area (Å²) in [5.41, 5.74) is 1.30. The normalized spacial score (nSPS) is 11.1. The zero-order chi connectivity index (χ0) is 12.7. The molecule has 0 fully saturated rings. The first-order valence-corrected chi connectivity index (χ1v) is 6.65. The number of nitrogens with zero attached hydrogens (tertiary/aromatic N) is 2. The van der Waals surface area contributed by atoms with Crippen LogP contribution in [0, 0.1) is 5.82 Å². The van der Waals surface area contributed by atoms with Gasteiger partial charge in [-0.25, -0.2) is 14.4 Å². The quantitative estimate of drug-likeness (QED) is 0.603. The van der Waals surface area contributed by atoms with E-state index in [0.29, 0.717) is 16.5 Å². The van der Waals surface area contributed by atoms with E-state index in [1.165, 1.54) is 23.5 Å². The second-order valence-corrected chi connectivity index (χ2v) is 5.28. The number of thiophene rings is 1. The molecule has 0 spiro atoms. The molecule has 0 saturated carbocycles. The van der Waals surface area contributed by atoms with Gasteiger partial charge in [-0.1, -0.05) is 23.2 Å². The van der Waals surface area contributed by atoms with Crippen LogP contribution in [0.15, 0.2) is 29.6 Å². The summed E-state index contributed by atoms with van der Waals surface area (Å²) < 4.78 is 14.2. The fraction of sp³-hybridized carbons (Fsp3) is 0. The Balaban J connectivity index is 2.21. The summed E-state index contributed by atoms with van der Waals surface area (Å²) in [7, 11) is 0. The summed E-state index contributed by atoms with van der Waals surface area (Å²) in [5, 5.41) is 2.33. The summed E-state index contributed by atoms with van der Waals surface area (Å²) >= 11 is 13.2. The number of hydrogen-bond acceptors (Lipinski definition) is 3. The van der Waals surface area contributed by atoms with Gasteiger partial charge in [0.15, 0.2) is 11.0 Å². The summed E-state index contributed by atoms with van der Waals surface area (Å²) in [6.45, 7) is 0. The number of fused-ring (bicyclic) bond motifs is 1. The average molecular weight is 299 g/mol. The topological polar surface area (TPSA) is 25.8 Å². The van der Waals surface area contributed by atoms with Crippen LogP contribution >= 0.6 is 34.5 Å². The highest BCUT2D eigenvalue weighted by Crippen LogP contribution is 2.29. The van der Waals surface area contributed by atoms with Crippen LogP contribution in [-0.4, -0.2) is 9.97 Å². The van der Waals surface area contributed by atoms with E-state index < -0.39 is 5.82 Å². The zero-order valence-electron chi connectivity index (χ0n) is 8.82. The summed E-state index contributed by atoms with van der Waals surface area (Å²) in [6.07, 6.45) is 0. The molecule has 18 heavy (non-hydrogen) atoms. The lowest BCUT2D eigenvalue weighted by molar-refractivity contribution is 0.628. The van der Waals surface area contributed by atoms with Gasteiger partial charge in [-0.15, -0.1) is 11.3 Å². The van der Waals surface area contributed by atoms with Gasteiger partial charge in [-0.2, -0.15) is 0 Å². The predicted molar refractivity (Wildman–Crippen MR) is 72.8 cm³/mol. The van der Waals surface area contributed by atoms with Gasteiger partial charge in [0.1, 0.15) is 5.82 Å². The predicted octanol–water partition coefficient (Wildman–Crippen LogP) is 4.80. The van der Waals surface area contributed by atoms with Crippen LogP contribution in [0.1, 0.15) is 0 Å². The maximum atomic E-state index is 13.4. The smallest absolute Gasteiger partial charge is 0.161 e. The molecule has 2 nitrogen and oxygen atoms in total. The molecule has 2 aromatic heterocycles. The molecule has 1 aromatic carbocycles. The second-order valence-electron chi connectivity index (χ2n) is 3.60. The molecule has 3 aromatic rings. The van der Waals surface area contributed by atoms with Crippen molar-refractivity contribution < 1.29 is 4.39 Å². The minimum absolute atomic E-state index is 0.0708. The van der Waals surface area contributed by atoms with Crippen LogP contribution in [0.25, 0.3) is 21.6 Å². The Morgan fingerprint density at radius 1 is 1.11 bits per heavy atom. The van der Waals surface area contributed by atoms with Crippen LogP contribution < -0.4 is 0 Å². The number of rotatable bonds is 1. The highest BCUT2D eigenvalue weighted by Gasteiger charge is 2.10. The molecule has 0 aliphatic heterocycles. The van der Waals surface area contributed by atoms with Gasteiger partial charge in [0.2, 0.25) is 0 Å². The minimum Gasteiger partial charge on any atom is -0.227 e. The fourth-order valence-corrected chi connectivity index (χ4v) is 2.73. The first kappa shape index (κ1) is 11.8. The van der Waals surface area contributed by atoms with Crippen LogP contribution in [0.5, 0.6) is 0 Å². The van der Waals surface area contributed by atoms with Crippen molar-refractivity contribution in [3.05, 3.63) is 45.6 Å². The molecule has 0 bridgehead atoms. The van der Waals surface area contributed by atoms with Crippen LogP contribution in [0.2, 0.25) is 10.2 Å². The van der Waals surface area contributed by atoms with Crippen molar-refractivity contribution in [3.63, 3.8) is 0 Å². The highest BCUT2D eigenvalue weighted by molar-refractivity contribution is 7.17. The first-order valence-electron chi connectivity index (χ1n) is 5.01. The number of halogens is 3. The Hall–Kier alpha value is -1.23. The highest BCUT2D eigenvalue weighted by atomic mass is 35.5. The lowest BCUT2D eigenvalue weighted by Gasteiger charge is -2.02. The van der Waals surface area contributed by atoms with E-state index in [-0.39, 0.29) is 5.02 Å². The van der Waals surface area contributed by atoms with Gasteiger partial charge in [-0.05, 0) is 29.6 Å². The van der Waals surface area contributed by atoms with E-state index in [1.807, 2.05) is 11.4 Å². The van der Waals surface area contributed by atoms with Gasteiger partial charge in [0.25, 0.3) is 0 Å². The monoisotopic (exact) mass is 298 g/mol. The molecule has 0 aliphatic carbocycles. The number of benzene rings is 1. The second kappa shape index (κ2) is 4.46. The number of aromatic nitrogens is 2. The van der Waals surface area contributed by atoms with E-state index in [4.69, 9.17) is 23.2 Å². The van der Waals surface area contributed by atoms with Gasteiger partial charge in [0.05, 0.1) is 15.2 Å². The fourth-order valence-electron chi connectivity index (χ4n) is 1.59. The van der Waals surface area contributed by atoms with Crippen molar-refractivity contribution in [2.24, 2.45) is 0 Å². The minimum atomic E-state index is -0.501. The Morgan fingerprint density at radius 3 is 2.72 bits per heavy atom.